The normalized spacial score (nSPS) is 12.4. The molecule has 0 fully saturated rings. The molecule has 0 aliphatic heterocycles. The number of benzene rings is 2. The Balaban J connectivity index is 2.28. The molecule has 0 amide bonds. The first-order valence-corrected chi connectivity index (χ1v) is 8.93. The fourth-order valence-electron chi connectivity index (χ4n) is 1.79. The molecule has 24 heavy (non-hydrogen) atoms. The predicted molar refractivity (Wildman–Crippen MR) is 86.9 cm³/mol. The van der Waals surface area contributed by atoms with Crippen LogP contribution in [0.1, 0.15) is 11.1 Å². The van der Waals surface area contributed by atoms with Crippen LogP contribution >= 0.6 is 34.8 Å². The number of halogens is 6. The lowest BCUT2D eigenvalue weighted by atomic mass is 10.2. The second kappa shape index (κ2) is 7.09. The van der Waals surface area contributed by atoms with E-state index in [0.29, 0.717) is 22.7 Å². The molecule has 3 nitrogen and oxygen atoms in total. The van der Waals surface area contributed by atoms with Crippen molar-refractivity contribution in [3.05, 3.63) is 62.6 Å². The van der Waals surface area contributed by atoms with Crippen LogP contribution in [0.2, 0.25) is 15.1 Å². The lowest BCUT2D eigenvalue weighted by molar-refractivity contribution is -0.137. The highest BCUT2D eigenvalue weighted by Gasteiger charge is 2.32. The van der Waals surface area contributed by atoms with Crippen molar-refractivity contribution >= 4 is 44.8 Å². The van der Waals surface area contributed by atoms with Crippen molar-refractivity contribution in [2.75, 3.05) is 0 Å². The number of alkyl halides is 3. The zero-order valence-corrected chi connectivity index (χ0v) is 14.7. The quantitative estimate of drug-likeness (QED) is 0.747. The Morgan fingerprint density at radius 1 is 0.917 bits per heavy atom. The molecule has 0 aliphatic carbocycles. The summed E-state index contributed by atoms with van der Waals surface area (Å²) in [6.07, 6.45) is -4.68. The van der Waals surface area contributed by atoms with Crippen LogP contribution in [0.5, 0.6) is 0 Å². The summed E-state index contributed by atoms with van der Waals surface area (Å²) < 4.78 is 64.9. The third-order valence-electron chi connectivity index (χ3n) is 3.00. The van der Waals surface area contributed by atoms with Crippen molar-refractivity contribution in [2.24, 2.45) is 0 Å². The molecule has 0 atom stereocenters. The zero-order chi connectivity index (χ0) is 18.1. The van der Waals surface area contributed by atoms with Gasteiger partial charge in [-0.1, -0.05) is 40.9 Å². The van der Waals surface area contributed by atoms with Gasteiger partial charge in [-0.3, -0.25) is 0 Å². The number of rotatable bonds is 4. The van der Waals surface area contributed by atoms with Crippen LogP contribution in [0, 0.1) is 0 Å². The number of sulfonamides is 1. The van der Waals surface area contributed by atoms with E-state index in [1.165, 1.54) is 18.2 Å². The molecule has 130 valence electrons. The molecule has 0 saturated heterocycles. The van der Waals surface area contributed by atoms with E-state index >= 15 is 0 Å². The summed E-state index contributed by atoms with van der Waals surface area (Å²) in [4.78, 5) is -0.654. The Labute approximate surface area is 151 Å². The summed E-state index contributed by atoms with van der Waals surface area (Å²) in [5, 5.41) is 0.208. The fourth-order valence-corrected chi connectivity index (χ4v) is 3.65. The summed E-state index contributed by atoms with van der Waals surface area (Å²) in [7, 11) is -4.25. The van der Waals surface area contributed by atoms with Gasteiger partial charge in [0.15, 0.2) is 0 Å². The van der Waals surface area contributed by atoms with Gasteiger partial charge in [-0.25, -0.2) is 13.1 Å². The molecule has 0 aliphatic rings. The van der Waals surface area contributed by atoms with Gasteiger partial charge in [0.1, 0.15) is 4.90 Å². The van der Waals surface area contributed by atoms with E-state index in [0.717, 1.165) is 6.07 Å². The monoisotopic (exact) mass is 417 g/mol. The second-order valence-electron chi connectivity index (χ2n) is 4.72. The van der Waals surface area contributed by atoms with Crippen molar-refractivity contribution in [1.82, 2.24) is 4.72 Å². The molecule has 0 spiro atoms. The van der Waals surface area contributed by atoms with Gasteiger partial charge in [-0.2, -0.15) is 13.2 Å². The van der Waals surface area contributed by atoms with Crippen LogP contribution < -0.4 is 4.72 Å². The maximum absolute atomic E-state index is 12.7. The van der Waals surface area contributed by atoms with E-state index in [1.54, 1.807) is 0 Å². The van der Waals surface area contributed by atoms with Crippen LogP contribution in [0.15, 0.2) is 41.3 Å². The average molecular weight is 419 g/mol. The van der Waals surface area contributed by atoms with Gasteiger partial charge in [0.05, 0.1) is 20.6 Å². The Morgan fingerprint density at radius 3 is 2.12 bits per heavy atom. The van der Waals surface area contributed by atoms with Crippen molar-refractivity contribution in [3.8, 4) is 0 Å². The number of hydrogen-bond acceptors (Lipinski definition) is 2. The lowest BCUT2D eigenvalue weighted by Gasteiger charge is -2.12. The van der Waals surface area contributed by atoms with Crippen molar-refractivity contribution in [1.29, 1.82) is 0 Å². The van der Waals surface area contributed by atoms with Crippen LogP contribution in [0.4, 0.5) is 13.2 Å². The van der Waals surface area contributed by atoms with E-state index in [9.17, 15) is 21.6 Å². The van der Waals surface area contributed by atoms with Gasteiger partial charge < -0.3 is 0 Å². The third-order valence-corrected chi connectivity index (χ3v) is 5.62. The van der Waals surface area contributed by atoms with Crippen LogP contribution in [0.25, 0.3) is 0 Å². The van der Waals surface area contributed by atoms with Gasteiger partial charge in [0, 0.05) is 6.54 Å². The molecule has 0 unspecified atom stereocenters. The highest BCUT2D eigenvalue weighted by Crippen LogP contribution is 2.33. The summed E-state index contributed by atoms with van der Waals surface area (Å²) >= 11 is 17.3. The molecule has 2 rings (SSSR count). The van der Waals surface area contributed by atoms with Crippen LogP contribution in [-0.2, 0) is 22.7 Å². The minimum Gasteiger partial charge on any atom is -0.207 e. The molecular formula is C14H9Cl3F3NO2S. The first kappa shape index (κ1) is 19.3. The van der Waals surface area contributed by atoms with Crippen molar-refractivity contribution < 1.29 is 21.6 Å². The first-order valence-electron chi connectivity index (χ1n) is 6.31. The van der Waals surface area contributed by atoms with Gasteiger partial charge >= 0.3 is 6.18 Å². The minimum absolute atomic E-state index is 0.189. The summed E-state index contributed by atoms with van der Waals surface area (Å²) in [5.74, 6) is 0. The number of hydrogen-bond donors (Lipinski definition) is 1. The molecule has 0 aromatic heterocycles. The second-order valence-corrected chi connectivity index (χ2v) is 7.67. The largest absolute Gasteiger partial charge is 0.416 e. The molecule has 0 bridgehead atoms. The molecule has 2 aromatic rings. The molecule has 0 heterocycles. The molecular weight excluding hydrogens is 410 g/mol. The molecule has 10 heteroatoms. The Morgan fingerprint density at radius 2 is 1.54 bits per heavy atom. The van der Waals surface area contributed by atoms with Gasteiger partial charge in [-0.15, -0.1) is 0 Å². The predicted octanol–water partition coefficient (Wildman–Crippen LogP) is 5.14. The van der Waals surface area contributed by atoms with E-state index in [-0.39, 0.29) is 16.6 Å². The van der Waals surface area contributed by atoms with E-state index < -0.39 is 26.7 Å². The summed E-state index contributed by atoms with van der Waals surface area (Å²) in [5.41, 5.74) is -0.627. The summed E-state index contributed by atoms with van der Waals surface area (Å²) in [6, 6.07) is 6.54. The molecule has 1 N–H and O–H groups in total. The van der Waals surface area contributed by atoms with E-state index in [4.69, 9.17) is 34.8 Å². The Bertz CT molecular complexity index is 870. The standard InChI is InChI=1S/C14H9Cl3F3NO2S/c15-10-3-1-8(5-12(10)17)7-21-24(22,23)13-6-9(14(18,19)20)2-4-11(13)16/h1-6,21H,7H2. The van der Waals surface area contributed by atoms with Gasteiger partial charge in [0.25, 0.3) is 0 Å². The van der Waals surface area contributed by atoms with Crippen LogP contribution in [0.3, 0.4) is 0 Å². The van der Waals surface area contributed by atoms with Gasteiger partial charge in [0.2, 0.25) is 10.0 Å². The maximum atomic E-state index is 12.7. The van der Waals surface area contributed by atoms with Gasteiger partial charge in [-0.05, 0) is 35.9 Å². The van der Waals surface area contributed by atoms with Crippen LogP contribution in [-0.4, -0.2) is 8.42 Å². The van der Waals surface area contributed by atoms with E-state index in [2.05, 4.69) is 4.72 Å². The Kier molecular flexibility index (Phi) is 5.71. The molecule has 0 radical (unpaired) electrons. The lowest BCUT2D eigenvalue weighted by Crippen LogP contribution is -2.24. The average Bonchev–Trinajstić information content (AvgIpc) is 2.47. The highest BCUT2D eigenvalue weighted by atomic mass is 35.5. The summed E-state index contributed by atoms with van der Waals surface area (Å²) in [6.45, 7) is -0.189. The van der Waals surface area contributed by atoms with Crippen molar-refractivity contribution in [3.63, 3.8) is 0 Å². The topological polar surface area (TPSA) is 46.2 Å². The fraction of sp³-hybridized carbons (Fsp3) is 0.143. The minimum atomic E-state index is -4.68. The molecule has 2 aromatic carbocycles. The third kappa shape index (κ3) is 4.55. The Hall–Kier alpha value is -0.990. The molecule has 0 saturated carbocycles. The maximum Gasteiger partial charge on any atom is 0.416 e. The first-order chi connectivity index (χ1) is 11.0. The van der Waals surface area contributed by atoms with E-state index in [1.807, 2.05) is 0 Å². The smallest absolute Gasteiger partial charge is 0.207 e. The highest BCUT2D eigenvalue weighted by molar-refractivity contribution is 7.89. The SMILES string of the molecule is O=S(=O)(NCc1ccc(Cl)c(Cl)c1)c1cc(C(F)(F)F)ccc1Cl. The number of nitrogens with one attached hydrogen (secondary N) is 1. The zero-order valence-electron chi connectivity index (χ0n) is 11.7. The van der Waals surface area contributed by atoms with Crippen molar-refractivity contribution in [2.45, 2.75) is 17.6 Å².